The van der Waals surface area contributed by atoms with Gasteiger partial charge >= 0.3 is 5.97 Å². The molecule has 1 aliphatic carbocycles. The summed E-state index contributed by atoms with van der Waals surface area (Å²) in [6, 6.07) is 6.43. The van der Waals surface area contributed by atoms with Gasteiger partial charge in [-0.15, -0.1) is 24.0 Å². The van der Waals surface area contributed by atoms with Crippen molar-refractivity contribution in [3.63, 3.8) is 0 Å². The van der Waals surface area contributed by atoms with E-state index in [1.54, 1.807) is 0 Å². The van der Waals surface area contributed by atoms with Crippen LogP contribution >= 0.6 is 24.0 Å². The van der Waals surface area contributed by atoms with Crippen molar-refractivity contribution < 1.29 is 19.0 Å². The van der Waals surface area contributed by atoms with E-state index in [1.807, 2.05) is 14.0 Å². The SMILES string of the molecule is CCOC(=O)C1CCN(C(=NC)NCC2(c3ccc4c(c3)OCCO4)CCCC2)CC1.I. The number of halogens is 1. The smallest absolute Gasteiger partial charge is 0.309 e. The molecule has 1 saturated carbocycles. The summed E-state index contributed by atoms with van der Waals surface area (Å²) in [6.45, 7) is 6.01. The summed E-state index contributed by atoms with van der Waals surface area (Å²) < 4.78 is 16.8. The molecule has 1 N–H and O–H groups in total. The van der Waals surface area contributed by atoms with Crippen LogP contribution in [0.3, 0.4) is 0 Å². The minimum atomic E-state index is -0.0615. The van der Waals surface area contributed by atoms with Crippen molar-refractivity contribution in [2.45, 2.75) is 50.9 Å². The first kappa shape index (κ1) is 24.9. The summed E-state index contributed by atoms with van der Waals surface area (Å²) in [5.41, 5.74) is 1.40. The number of fused-ring (bicyclic) bond motifs is 1. The average molecular weight is 557 g/mol. The standard InChI is InChI=1S/C24H35N3O4.HI/c1-3-29-22(28)18-8-12-27(13-9-18)23(25-2)26-17-24(10-4-5-11-24)19-6-7-20-21(16-19)31-15-14-30-20;/h6-7,16,18H,3-5,8-15,17H2,1-2H3,(H,25,26);1H. The van der Waals surface area contributed by atoms with Crippen molar-refractivity contribution in [1.82, 2.24) is 10.2 Å². The van der Waals surface area contributed by atoms with Gasteiger partial charge in [0.25, 0.3) is 0 Å². The number of nitrogens with zero attached hydrogens (tertiary/aromatic N) is 2. The van der Waals surface area contributed by atoms with Crippen LogP contribution in [0.25, 0.3) is 0 Å². The van der Waals surface area contributed by atoms with E-state index in [0.717, 1.165) is 62.8 Å². The third-order valence-electron chi connectivity index (χ3n) is 6.93. The highest BCUT2D eigenvalue weighted by atomic mass is 127. The number of hydrogen-bond donors (Lipinski definition) is 1. The van der Waals surface area contributed by atoms with Crippen molar-refractivity contribution in [1.29, 1.82) is 0 Å². The molecule has 1 aromatic carbocycles. The quantitative estimate of drug-likeness (QED) is 0.258. The van der Waals surface area contributed by atoms with Gasteiger partial charge in [0.2, 0.25) is 0 Å². The molecule has 1 aromatic rings. The van der Waals surface area contributed by atoms with Crippen LogP contribution < -0.4 is 14.8 Å². The summed E-state index contributed by atoms with van der Waals surface area (Å²) in [7, 11) is 1.84. The van der Waals surface area contributed by atoms with Gasteiger partial charge in [0.05, 0.1) is 12.5 Å². The molecule has 178 valence electrons. The van der Waals surface area contributed by atoms with Gasteiger partial charge in [-0.3, -0.25) is 9.79 Å². The van der Waals surface area contributed by atoms with Crippen LogP contribution in [0.2, 0.25) is 0 Å². The van der Waals surface area contributed by atoms with Crippen LogP contribution in [0.15, 0.2) is 23.2 Å². The molecule has 0 atom stereocenters. The Morgan fingerprint density at radius 3 is 2.53 bits per heavy atom. The fourth-order valence-corrected chi connectivity index (χ4v) is 5.16. The first-order valence-electron chi connectivity index (χ1n) is 11.7. The first-order valence-corrected chi connectivity index (χ1v) is 11.7. The molecule has 2 aliphatic heterocycles. The highest BCUT2D eigenvalue weighted by Gasteiger charge is 2.37. The molecule has 0 unspecified atom stereocenters. The van der Waals surface area contributed by atoms with Gasteiger partial charge in [0.15, 0.2) is 17.5 Å². The van der Waals surface area contributed by atoms with Crippen molar-refractivity contribution in [2.75, 3.05) is 46.5 Å². The van der Waals surface area contributed by atoms with Crippen LogP contribution in [0.1, 0.15) is 51.0 Å². The van der Waals surface area contributed by atoms with Gasteiger partial charge in [-0.05, 0) is 50.3 Å². The van der Waals surface area contributed by atoms with E-state index in [9.17, 15) is 4.79 Å². The van der Waals surface area contributed by atoms with E-state index in [-0.39, 0.29) is 41.3 Å². The van der Waals surface area contributed by atoms with Crippen molar-refractivity contribution in [3.8, 4) is 11.5 Å². The van der Waals surface area contributed by atoms with E-state index < -0.39 is 0 Å². The maximum atomic E-state index is 12.0. The molecule has 1 saturated heterocycles. The van der Waals surface area contributed by atoms with Gasteiger partial charge in [-0.25, -0.2) is 0 Å². The molecule has 0 aromatic heterocycles. The number of esters is 1. The van der Waals surface area contributed by atoms with Crippen molar-refractivity contribution in [2.24, 2.45) is 10.9 Å². The molecule has 0 bridgehead atoms. The summed E-state index contributed by atoms with van der Waals surface area (Å²) in [6.07, 6.45) is 6.40. The van der Waals surface area contributed by atoms with Crippen LogP contribution in [0.4, 0.5) is 0 Å². The lowest BCUT2D eigenvalue weighted by atomic mass is 9.78. The number of guanidine groups is 1. The van der Waals surface area contributed by atoms with Gasteiger partial charge in [-0.2, -0.15) is 0 Å². The minimum absolute atomic E-state index is 0. The maximum Gasteiger partial charge on any atom is 0.309 e. The third kappa shape index (κ3) is 5.43. The van der Waals surface area contributed by atoms with Gasteiger partial charge in [0, 0.05) is 32.1 Å². The van der Waals surface area contributed by atoms with E-state index in [1.165, 1.54) is 18.4 Å². The van der Waals surface area contributed by atoms with Crippen LogP contribution in [0.5, 0.6) is 11.5 Å². The molecule has 32 heavy (non-hydrogen) atoms. The summed E-state index contributed by atoms with van der Waals surface area (Å²) in [5.74, 6) is 2.57. The molecule has 4 rings (SSSR count). The number of likely N-dealkylation sites (tertiary alicyclic amines) is 1. The molecule has 0 radical (unpaired) electrons. The number of aliphatic imine (C=N–C) groups is 1. The molecular weight excluding hydrogens is 521 g/mol. The predicted octanol–water partition coefficient (Wildman–Crippen LogP) is 3.74. The lowest BCUT2D eigenvalue weighted by Gasteiger charge is -2.36. The molecule has 8 heteroatoms. The first-order chi connectivity index (χ1) is 15.1. The van der Waals surface area contributed by atoms with E-state index >= 15 is 0 Å². The monoisotopic (exact) mass is 557 g/mol. The summed E-state index contributed by atoms with van der Waals surface area (Å²) in [5, 5.41) is 3.66. The number of ether oxygens (including phenoxy) is 3. The highest BCUT2D eigenvalue weighted by molar-refractivity contribution is 14.0. The molecular formula is C24H36IN3O4. The number of nitrogens with one attached hydrogen (secondary N) is 1. The Morgan fingerprint density at radius 1 is 1.19 bits per heavy atom. The number of hydrogen-bond acceptors (Lipinski definition) is 5. The largest absolute Gasteiger partial charge is 0.486 e. The highest BCUT2D eigenvalue weighted by Crippen LogP contribution is 2.43. The van der Waals surface area contributed by atoms with Crippen LogP contribution in [-0.4, -0.2) is 63.3 Å². The topological polar surface area (TPSA) is 72.4 Å². The number of piperidine rings is 1. The lowest BCUT2D eigenvalue weighted by Crippen LogP contribution is -2.49. The second-order valence-electron chi connectivity index (χ2n) is 8.76. The number of carbonyl (C=O) groups excluding carboxylic acids is 1. The number of carbonyl (C=O) groups is 1. The molecule has 3 aliphatic rings. The van der Waals surface area contributed by atoms with E-state index in [4.69, 9.17) is 14.2 Å². The zero-order chi connectivity index (χ0) is 21.7. The molecule has 7 nitrogen and oxygen atoms in total. The number of rotatable bonds is 5. The normalized spacial score (nSPS) is 20.4. The maximum absolute atomic E-state index is 12.0. The Labute approximate surface area is 208 Å². The Morgan fingerprint density at radius 2 is 1.88 bits per heavy atom. The van der Waals surface area contributed by atoms with Crippen LogP contribution in [-0.2, 0) is 14.9 Å². The molecule has 0 amide bonds. The Balaban J connectivity index is 0.00000289. The van der Waals surface area contributed by atoms with Crippen molar-refractivity contribution >= 4 is 35.9 Å². The van der Waals surface area contributed by atoms with Gasteiger partial charge < -0.3 is 24.4 Å². The second kappa shape index (κ2) is 11.4. The third-order valence-corrected chi connectivity index (χ3v) is 6.93. The fourth-order valence-electron chi connectivity index (χ4n) is 5.16. The number of benzene rings is 1. The van der Waals surface area contributed by atoms with Crippen molar-refractivity contribution in [3.05, 3.63) is 23.8 Å². The lowest BCUT2D eigenvalue weighted by molar-refractivity contribution is -0.149. The molecule has 2 fully saturated rings. The van der Waals surface area contributed by atoms with E-state index in [0.29, 0.717) is 19.8 Å². The summed E-state index contributed by atoms with van der Waals surface area (Å²) >= 11 is 0. The predicted molar refractivity (Wildman–Crippen MR) is 135 cm³/mol. The average Bonchev–Trinajstić information content (AvgIpc) is 3.30. The Hall–Kier alpha value is -1.71. The summed E-state index contributed by atoms with van der Waals surface area (Å²) in [4.78, 5) is 18.8. The van der Waals surface area contributed by atoms with E-state index in [2.05, 4.69) is 33.4 Å². The van der Waals surface area contributed by atoms with Gasteiger partial charge in [0.1, 0.15) is 13.2 Å². The molecule has 2 heterocycles. The zero-order valence-corrected chi connectivity index (χ0v) is 21.6. The molecule has 0 spiro atoms. The second-order valence-corrected chi connectivity index (χ2v) is 8.76. The Kier molecular flexibility index (Phi) is 8.90. The van der Waals surface area contributed by atoms with Gasteiger partial charge in [-0.1, -0.05) is 18.9 Å². The zero-order valence-electron chi connectivity index (χ0n) is 19.2. The Bertz CT molecular complexity index is 802. The van der Waals surface area contributed by atoms with Crippen LogP contribution in [0, 0.1) is 5.92 Å². The minimum Gasteiger partial charge on any atom is -0.486 e. The fraction of sp³-hybridized carbons (Fsp3) is 0.667.